The first kappa shape index (κ1) is 17.5. The molecule has 2 rings (SSSR count). The van der Waals surface area contributed by atoms with E-state index in [1.165, 1.54) is 0 Å². The summed E-state index contributed by atoms with van der Waals surface area (Å²) in [5, 5.41) is 5.39. The molecule has 1 aromatic carbocycles. The van der Waals surface area contributed by atoms with Crippen LogP contribution in [0.3, 0.4) is 0 Å². The molecule has 0 bridgehead atoms. The molecule has 124 valence electrons. The summed E-state index contributed by atoms with van der Waals surface area (Å²) in [6.45, 7) is 5.90. The van der Waals surface area contributed by atoms with Gasteiger partial charge in [-0.2, -0.15) is 5.10 Å². The topological polar surface area (TPSA) is 38.1 Å². The fourth-order valence-corrected chi connectivity index (χ4v) is 2.90. The molecule has 0 fully saturated rings. The lowest BCUT2D eigenvalue weighted by Gasteiger charge is -2.27. The van der Waals surface area contributed by atoms with Gasteiger partial charge < -0.3 is 4.90 Å². The molecule has 1 aromatic heterocycles. The first-order chi connectivity index (χ1) is 10.8. The SMILES string of the molecule is CCCc1cn(C(C)(C)C(=O)N(C)C)nc1-c1ccccc1Cl. The average Bonchev–Trinajstić information content (AvgIpc) is 2.92. The standard InChI is InChI=1S/C18H24ClN3O/c1-6-9-13-12-22(18(2,3)17(23)21(4)5)20-16(13)14-10-7-8-11-15(14)19/h7-8,10-12H,6,9H2,1-5H3. The smallest absolute Gasteiger partial charge is 0.249 e. The monoisotopic (exact) mass is 333 g/mol. The van der Waals surface area contributed by atoms with E-state index in [2.05, 4.69) is 6.92 Å². The summed E-state index contributed by atoms with van der Waals surface area (Å²) in [4.78, 5) is 14.1. The summed E-state index contributed by atoms with van der Waals surface area (Å²) in [5.74, 6) is 0.00811. The molecule has 23 heavy (non-hydrogen) atoms. The van der Waals surface area contributed by atoms with E-state index in [1.54, 1.807) is 23.7 Å². The second-order valence-electron chi connectivity index (χ2n) is 6.44. The molecule has 0 N–H and O–H groups in total. The number of hydrogen-bond acceptors (Lipinski definition) is 2. The highest BCUT2D eigenvalue weighted by atomic mass is 35.5. The van der Waals surface area contributed by atoms with Crippen LogP contribution in [0.2, 0.25) is 5.02 Å². The number of amides is 1. The molecule has 0 saturated heterocycles. The Morgan fingerprint density at radius 2 is 1.96 bits per heavy atom. The molecule has 0 aliphatic heterocycles. The summed E-state index contributed by atoms with van der Waals surface area (Å²) in [6.07, 6.45) is 3.88. The van der Waals surface area contributed by atoms with Crippen molar-refractivity contribution in [3.05, 3.63) is 41.0 Å². The Labute approximate surface area is 143 Å². The van der Waals surface area contributed by atoms with E-state index in [0.717, 1.165) is 29.7 Å². The highest BCUT2D eigenvalue weighted by Crippen LogP contribution is 2.31. The van der Waals surface area contributed by atoms with Crippen LogP contribution in [0.1, 0.15) is 32.8 Å². The highest BCUT2D eigenvalue weighted by molar-refractivity contribution is 6.33. The van der Waals surface area contributed by atoms with Gasteiger partial charge in [-0.3, -0.25) is 9.48 Å². The Morgan fingerprint density at radius 1 is 1.30 bits per heavy atom. The van der Waals surface area contributed by atoms with Crippen LogP contribution in [0.4, 0.5) is 0 Å². The number of carbonyl (C=O) groups is 1. The molecule has 0 spiro atoms. The van der Waals surface area contributed by atoms with E-state index < -0.39 is 5.54 Å². The molecule has 1 heterocycles. The molecule has 0 unspecified atom stereocenters. The van der Waals surface area contributed by atoms with Crippen molar-refractivity contribution in [1.29, 1.82) is 0 Å². The number of nitrogens with zero attached hydrogens (tertiary/aromatic N) is 3. The number of carbonyl (C=O) groups excluding carboxylic acids is 1. The van der Waals surface area contributed by atoms with Crippen LogP contribution in [0.15, 0.2) is 30.5 Å². The lowest BCUT2D eigenvalue weighted by atomic mass is 10.0. The van der Waals surface area contributed by atoms with Gasteiger partial charge in [0.25, 0.3) is 0 Å². The molecule has 4 nitrogen and oxygen atoms in total. The number of aromatic nitrogens is 2. The zero-order valence-corrected chi connectivity index (χ0v) is 15.2. The Kier molecular flexibility index (Phi) is 5.15. The summed E-state index contributed by atoms with van der Waals surface area (Å²) < 4.78 is 1.76. The van der Waals surface area contributed by atoms with Crippen LogP contribution in [-0.2, 0) is 16.8 Å². The minimum absolute atomic E-state index is 0.00811. The molecule has 0 aliphatic rings. The molecule has 2 aromatic rings. The maximum absolute atomic E-state index is 12.5. The van der Waals surface area contributed by atoms with Gasteiger partial charge in [0, 0.05) is 25.9 Å². The summed E-state index contributed by atoms with van der Waals surface area (Å²) in [5.41, 5.74) is 2.13. The summed E-state index contributed by atoms with van der Waals surface area (Å²) >= 11 is 6.34. The Morgan fingerprint density at radius 3 is 2.52 bits per heavy atom. The fraction of sp³-hybridized carbons (Fsp3) is 0.444. The minimum Gasteiger partial charge on any atom is -0.347 e. The molecule has 0 radical (unpaired) electrons. The van der Waals surface area contributed by atoms with Crippen molar-refractivity contribution in [2.75, 3.05) is 14.1 Å². The van der Waals surface area contributed by atoms with Crippen molar-refractivity contribution in [2.24, 2.45) is 0 Å². The van der Waals surface area contributed by atoms with Crippen LogP contribution < -0.4 is 0 Å². The predicted molar refractivity (Wildman–Crippen MR) is 94.7 cm³/mol. The molecule has 5 heteroatoms. The van der Waals surface area contributed by atoms with Gasteiger partial charge in [0.05, 0.1) is 10.7 Å². The van der Waals surface area contributed by atoms with Crippen molar-refractivity contribution in [3.63, 3.8) is 0 Å². The minimum atomic E-state index is -0.745. The van der Waals surface area contributed by atoms with Crippen molar-refractivity contribution < 1.29 is 4.79 Å². The quantitative estimate of drug-likeness (QED) is 0.830. The number of halogens is 1. The first-order valence-corrected chi connectivity index (χ1v) is 8.22. The van der Waals surface area contributed by atoms with Crippen molar-refractivity contribution in [3.8, 4) is 11.3 Å². The van der Waals surface area contributed by atoms with Gasteiger partial charge in [-0.05, 0) is 31.9 Å². The largest absolute Gasteiger partial charge is 0.347 e. The lowest BCUT2D eigenvalue weighted by Crippen LogP contribution is -2.44. The predicted octanol–water partition coefficient (Wildman–Crippen LogP) is 3.98. The third-order valence-electron chi connectivity index (χ3n) is 3.94. The van der Waals surface area contributed by atoms with Gasteiger partial charge >= 0.3 is 0 Å². The number of aryl methyl sites for hydroxylation is 1. The van der Waals surface area contributed by atoms with Gasteiger partial charge in [0.15, 0.2) is 0 Å². The molecular formula is C18H24ClN3O. The highest BCUT2D eigenvalue weighted by Gasteiger charge is 2.33. The first-order valence-electron chi connectivity index (χ1n) is 7.84. The Balaban J connectivity index is 2.56. The molecular weight excluding hydrogens is 310 g/mol. The second-order valence-corrected chi connectivity index (χ2v) is 6.84. The third-order valence-corrected chi connectivity index (χ3v) is 4.27. The maximum Gasteiger partial charge on any atom is 0.249 e. The zero-order chi connectivity index (χ0) is 17.2. The van der Waals surface area contributed by atoms with E-state index in [9.17, 15) is 4.79 Å². The zero-order valence-electron chi connectivity index (χ0n) is 14.4. The van der Waals surface area contributed by atoms with E-state index >= 15 is 0 Å². The van der Waals surface area contributed by atoms with Gasteiger partial charge in [-0.1, -0.05) is 43.1 Å². The number of hydrogen-bond donors (Lipinski definition) is 0. The van der Waals surface area contributed by atoms with Crippen LogP contribution >= 0.6 is 11.6 Å². The van der Waals surface area contributed by atoms with Gasteiger partial charge in [-0.25, -0.2) is 0 Å². The van der Waals surface area contributed by atoms with Gasteiger partial charge in [0.2, 0.25) is 5.91 Å². The number of rotatable bonds is 5. The number of likely N-dealkylation sites (N-methyl/N-ethyl adjacent to an activating group) is 1. The van der Waals surface area contributed by atoms with Crippen molar-refractivity contribution in [2.45, 2.75) is 39.2 Å². The van der Waals surface area contributed by atoms with Crippen LogP contribution in [-0.4, -0.2) is 34.7 Å². The van der Waals surface area contributed by atoms with Gasteiger partial charge in [0.1, 0.15) is 5.54 Å². The van der Waals surface area contributed by atoms with E-state index in [4.69, 9.17) is 16.7 Å². The van der Waals surface area contributed by atoms with Crippen LogP contribution in [0.25, 0.3) is 11.3 Å². The fourth-order valence-electron chi connectivity index (χ4n) is 2.67. The van der Waals surface area contributed by atoms with Crippen LogP contribution in [0, 0.1) is 0 Å². The molecule has 0 saturated carbocycles. The lowest BCUT2D eigenvalue weighted by molar-refractivity contribution is -0.137. The summed E-state index contributed by atoms with van der Waals surface area (Å²) in [6, 6.07) is 7.69. The Hall–Kier alpha value is -1.81. The number of benzene rings is 1. The van der Waals surface area contributed by atoms with E-state index in [-0.39, 0.29) is 5.91 Å². The molecule has 1 amide bonds. The van der Waals surface area contributed by atoms with Crippen LogP contribution in [0.5, 0.6) is 0 Å². The Bertz CT molecular complexity index is 704. The van der Waals surface area contributed by atoms with Gasteiger partial charge in [-0.15, -0.1) is 0 Å². The molecule has 0 atom stereocenters. The van der Waals surface area contributed by atoms with E-state index in [0.29, 0.717) is 5.02 Å². The van der Waals surface area contributed by atoms with Crippen molar-refractivity contribution in [1.82, 2.24) is 14.7 Å². The second kappa shape index (κ2) is 6.75. The maximum atomic E-state index is 12.5. The normalized spacial score (nSPS) is 11.6. The average molecular weight is 334 g/mol. The molecule has 0 aliphatic carbocycles. The summed E-state index contributed by atoms with van der Waals surface area (Å²) in [7, 11) is 3.52. The van der Waals surface area contributed by atoms with Crippen molar-refractivity contribution >= 4 is 17.5 Å². The third kappa shape index (κ3) is 3.42. The van der Waals surface area contributed by atoms with E-state index in [1.807, 2.05) is 44.3 Å².